The summed E-state index contributed by atoms with van der Waals surface area (Å²) >= 11 is 0. The number of hydrogen-bond acceptors (Lipinski definition) is 4. The number of amides is 2. The Labute approximate surface area is 184 Å². The van der Waals surface area contributed by atoms with Crippen molar-refractivity contribution in [2.75, 3.05) is 13.2 Å². The molecule has 5 heteroatoms. The third-order valence-corrected chi connectivity index (χ3v) is 6.72. The van der Waals surface area contributed by atoms with Crippen LogP contribution in [0.1, 0.15) is 61.3 Å². The normalized spacial score (nSPS) is 20.3. The predicted molar refractivity (Wildman–Crippen MR) is 118 cm³/mol. The number of imide groups is 1. The zero-order valence-corrected chi connectivity index (χ0v) is 18.1. The number of β-amino-alcohol motifs (C(OH)–C–C–N with tert-alkyl or cyclic N) is 1. The van der Waals surface area contributed by atoms with Crippen LogP contribution in [0.5, 0.6) is 0 Å². The highest BCUT2D eigenvalue weighted by atomic mass is 16.5. The van der Waals surface area contributed by atoms with Gasteiger partial charge in [0.15, 0.2) is 0 Å². The molecule has 1 N–H and O–H groups in total. The van der Waals surface area contributed by atoms with Gasteiger partial charge in [-0.2, -0.15) is 0 Å². The molecule has 1 saturated heterocycles. The number of carbonyl (C=O) groups is 2. The van der Waals surface area contributed by atoms with E-state index in [1.807, 2.05) is 61.5 Å². The molecule has 2 aromatic rings. The topological polar surface area (TPSA) is 66.8 Å². The number of hydrogen-bond donors (Lipinski definition) is 1. The van der Waals surface area contributed by atoms with Gasteiger partial charge in [-0.05, 0) is 36.5 Å². The first-order chi connectivity index (χ1) is 15.0. The molecule has 5 nitrogen and oxygen atoms in total. The molecule has 2 atom stereocenters. The predicted octanol–water partition coefficient (Wildman–Crippen LogP) is 4.17. The lowest BCUT2D eigenvalue weighted by molar-refractivity contribution is -0.144. The van der Waals surface area contributed by atoms with Crippen LogP contribution in [-0.4, -0.2) is 41.1 Å². The number of benzene rings is 2. The maximum absolute atomic E-state index is 13.0. The van der Waals surface area contributed by atoms with Crippen molar-refractivity contribution in [3.63, 3.8) is 0 Å². The first kappa shape index (κ1) is 21.7. The van der Waals surface area contributed by atoms with E-state index in [9.17, 15) is 14.7 Å². The van der Waals surface area contributed by atoms with Gasteiger partial charge in [0.25, 0.3) is 0 Å². The number of rotatable bonds is 7. The Morgan fingerprint density at radius 1 is 1.00 bits per heavy atom. The molecule has 1 heterocycles. The first-order valence-electron chi connectivity index (χ1n) is 11.3. The smallest absolute Gasteiger partial charge is 0.235 e. The molecular weight excluding hydrogens is 390 g/mol. The van der Waals surface area contributed by atoms with Crippen molar-refractivity contribution in [1.82, 2.24) is 4.90 Å². The number of ether oxygens (including phenoxy) is 1. The van der Waals surface area contributed by atoms with Crippen molar-refractivity contribution in [1.29, 1.82) is 0 Å². The highest BCUT2D eigenvalue weighted by Gasteiger charge is 2.51. The van der Waals surface area contributed by atoms with E-state index in [0.29, 0.717) is 0 Å². The Morgan fingerprint density at radius 2 is 1.68 bits per heavy atom. The molecular formula is C26H31NO4. The van der Waals surface area contributed by atoms with E-state index in [1.165, 1.54) is 4.90 Å². The average molecular weight is 422 g/mol. The van der Waals surface area contributed by atoms with Gasteiger partial charge in [-0.25, -0.2) is 0 Å². The summed E-state index contributed by atoms with van der Waals surface area (Å²) in [5.41, 5.74) is 2.62. The minimum absolute atomic E-state index is 0.00526. The number of nitrogens with zero attached hydrogens (tertiary/aromatic N) is 1. The van der Waals surface area contributed by atoms with E-state index < -0.39 is 11.5 Å². The van der Waals surface area contributed by atoms with Crippen molar-refractivity contribution in [2.45, 2.75) is 57.7 Å². The Balaban J connectivity index is 1.44. The van der Waals surface area contributed by atoms with Gasteiger partial charge in [0.2, 0.25) is 11.8 Å². The number of aliphatic hydroxyl groups is 1. The van der Waals surface area contributed by atoms with Gasteiger partial charge >= 0.3 is 0 Å². The van der Waals surface area contributed by atoms with Gasteiger partial charge < -0.3 is 9.84 Å². The molecule has 2 aromatic carbocycles. The Hall–Kier alpha value is -2.50. The fourth-order valence-corrected chi connectivity index (χ4v) is 5.01. The molecule has 1 saturated carbocycles. The number of carbonyl (C=O) groups excluding carboxylic acids is 2. The summed E-state index contributed by atoms with van der Waals surface area (Å²) < 4.78 is 6.18. The van der Waals surface area contributed by atoms with Crippen molar-refractivity contribution in [3.05, 3.63) is 71.3 Å². The van der Waals surface area contributed by atoms with Gasteiger partial charge in [-0.15, -0.1) is 0 Å². The van der Waals surface area contributed by atoms with E-state index in [0.717, 1.165) is 48.8 Å². The minimum atomic E-state index is -0.929. The molecule has 2 amide bonds. The summed E-state index contributed by atoms with van der Waals surface area (Å²) in [6.07, 6.45) is 3.71. The quantitative estimate of drug-likeness (QED) is 0.682. The third-order valence-electron chi connectivity index (χ3n) is 6.72. The van der Waals surface area contributed by atoms with Crippen molar-refractivity contribution < 1.29 is 19.4 Å². The monoisotopic (exact) mass is 421 g/mol. The first-order valence-corrected chi connectivity index (χ1v) is 11.3. The van der Waals surface area contributed by atoms with Crippen LogP contribution < -0.4 is 0 Å². The molecule has 0 unspecified atom stereocenters. The van der Waals surface area contributed by atoms with Crippen LogP contribution in [-0.2, 0) is 14.3 Å². The largest absolute Gasteiger partial charge is 0.389 e. The SMILES string of the molecule is Cc1ccccc1[C@H](OC[C@@H](O)CN1C(=O)CC2(CCCCC2)C1=O)c1ccccc1. The summed E-state index contributed by atoms with van der Waals surface area (Å²) in [5.74, 6) is -0.265. The van der Waals surface area contributed by atoms with Crippen LogP contribution in [0, 0.1) is 12.3 Å². The van der Waals surface area contributed by atoms with Crippen molar-refractivity contribution in [3.8, 4) is 0 Å². The Morgan fingerprint density at radius 3 is 2.39 bits per heavy atom. The van der Waals surface area contributed by atoms with Crippen LogP contribution in [0.4, 0.5) is 0 Å². The van der Waals surface area contributed by atoms with Crippen LogP contribution >= 0.6 is 0 Å². The van der Waals surface area contributed by atoms with E-state index >= 15 is 0 Å². The molecule has 0 aromatic heterocycles. The second kappa shape index (κ2) is 9.33. The van der Waals surface area contributed by atoms with E-state index in [2.05, 4.69) is 0 Å². The summed E-state index contributed by atoms with van der Waals surface area (Å²) in [7, 11) is 0. The minimum Gasteiger partial charge on any atom is -0.389 e. The molecule has 4 rings (SSSR count). The summed E-state index contributed by atoms with van der Waals surface area (Å²) in [6, 6.07) is 17.9. The standard InChI is InChI=1S/C26H31NO4/c1-19-10-6-7-13-22(19)24(20-11-4-2-5-12-20)31-18-21(28)17-27-23(29)16-26(25(27)30)14-8-3-9-15-26/h2,4-7,10-13,21,24,28H,3,8-9,14-18H2,1H3/t21-,24+/m0/s1. The van der Waals surface area contributed by atoms with Gasteiger partial charge in [0.1, 0.15) is 6.10 Å². The molecule has 0 radical (unpaired) electrons. The molecule has 2 fully saturated rings. The molecule has 0 bridgehead atoms. The van der Waals surface area contributed by atoms with E-state index in [1.54, 1.807) is 0 Å². The zero-order valence-electron chi connectivity index (χ0n) is 18.1. The van der Waals surface area contributed by atoms with Gasteiger partial charge in [-0.1, -0.05) is 73.9 Å². The molecule has 31 heavy (non-hydrogen) atoms. The summed E-state index contributed by atoms with van der Waals surface area (Å²) in [5, 5.41) is 10.7. The maximum atomic E-state index is 13.0. The second-order valence-electron chi connectivity index (χ2n) is 8.96. The van der Waals surface area contributed by atoms with E-state index in [4.69, 9.17) is 4.74 Å². The Bertz CT molecular complexity index is 920. The summed E-state index contributed by atoms with van der Waals surface area (Å²) in [4.78, 5) is 26.8. The van der Waals surface area contributed by atoms with Crippen molar-refractivity contribution >= 4 is 11.8 Å². The zero-order chi connectivity index (χ0) is 21.8. The van der Waals surface area contributed by atoms with Crippen LogP contribution in [0.2, 0.25) is 0 Å². The highest BCUT2D eigenvalue weighted by molar-refractivity contribution is 6.06. The average Bonchev–Trinajstić information content (AvgIpc) is 3.00. The number of aryl methyl sites for hydroxylation is 1. The van der Waals surface area contributed by atoms with Crippen molar-refractivity contribution in [2.24, 2.45) is 5.41 Å². The number of likely N-dealkylation sites (tertiary alicyclic amines) is 1. The van der Waals surface area contributed by atoms with Crippen LogP contribution in [0.25, 0.3) is 0 Å². The molecule has 1 aliphatic carbocycles. The second-order valence-corrected chi connectivity index (χ2v) is 8.96. The lowest BCUT2D eigenvalue weighted by Gasteiger charge is -2.31. The fourth-order valence-electron chi connectivity index (χ4n) is 5.01. The molecule has 1 spiro atoms. The molecule has 164 valence electrons. The van der Waals surface area contributed by atoms with Crippen LogP contribution in [0.3, 0.4) is 0 Å². The fraction of sp³-hybridized carbons (Fsp3) is 0.462. The van der Waals surface area contributed by atoms with Gasteiger partial charge in [0, 0.05) is 6.42 Å². The lowest BCUT2D eigenvalue weighted by atomic mass is 9.73. The lowest BCUT2D eigenvalue weighted by Crippen LogP contribution is -2.42. The maximum Gasteiger partial charge on any atom is 0.235 e. The van der Waals surface area contributed by atoms with Crippen LogP contribution in [0.15, 0.2) is 54.6 Å². The third kappa shape index (κ3) is 4.58. The summed E-state index contributed by atoms with van der Waals surface area (Å²) in [6.45, 7) is 2.07. The van der Waals surface area contributed by atoms with Gasteiger partial charge in [0.05, 0.1) is 24.7 Å². The van der Waals surface area contributed by atoms with Gasteiger partial charge in [-0.3, -0.25) is 14.5 Å². The molecule has 2 aliphatic rings. The number of aliphatic hydroxyl groups excluding tert-OH is 1. The highest BCUT2D eigenvalue weighted by Crippen LogP contribution is 2.45. The Kier molecular flexibility index (Phi) is 6.54. The van der Waals surface area contributed by atoms with E-state index in [-0.39, 0.29) is 37.5 Å². The molecule has 1 aliphatic heterocycles.